The first-order valence-electron chi connectivity index (χ1n) is 8.94. The third-order valence-electron chi connectivity index (χ3n) is 5.49. The van der Waals surface area contributed by atoms with Crippen LogP contribution in [-0.2, 0) is 4.74 Å². The highest BCUT2D eigenvalue weighted by molar-refractivity contribution is 5.46. The lowest BCUT2D eigenvalue weighted by Gasteiger charge is -2.25. The van der Waals surface area contributed by atoms with Crippen molar-refractivity contribution < 1.29 is 33.9 Å². The fraction of sp³-hybridized carbons (Fsp3) is 0.400. The van der Waals surface area contributed by atoms with Gasteiger partial charge in [-0.2, -0.15) is 0 Å². The molecule has 0 spiro atoms. The predicted octanol–water partition coefficient (Wildman–Crippen LogP) is 2.17. The number of aliphatic hydroxyl groups excluding tert-OH is 2. The van der Waals surface area contributed by atoms with Gasteiger partial charge >= 0.3 is 0 Å². The van der Waals surface area contributed by atoms with Crippen molar-refractivity contribution in [2.75, 3.05) is 26.8 Å². The summed E-state index contributed by atoms with van der Waals surface area (Å²) < 4.78 is 27.5. The smallest absolute Gasteiger partial charge is 0.231 e. The first-order chi connectivity index (χ1) is 13.2. The van der Waals surface area contributed by atoms with Gasteiger partial charge in [-0.1, -0.05) is 12.1 Å². The molecule has 27 heavy (non-hydrogen) atoms. The summed E-state index contributed by atoms with van der Waals surface area (Å²) in [5, 5.41) is 21.0. The highest BCUT2D eigenvalue weighted by atomic mass is 16.7. The molecule has 3 heterocycles. The molecule has 2 aromatic rings. The molecule has 2 unspecified atom stereocenters. The van der Waals surface area contributed by atoms with Gasteiger partial charge in [-0.25, -0.2) is 0 Å². The quantitative estimate of drug-likeness (QED) is 0.851. The van der Waals surface area contributed by atoms with Gasteiger partial charge in [-0.3, -0.25) is 0 Å². The predicted molar refractivity (Wildman–Crippen MR) is 92.8 cm³/mol. The summed E-state index contributed by atoms with van der Waals surface area (Å²) >= 11 is 0. The molecule has 2 N–H and O–H groups in total. The maximum Gasteiger partial charge on any atom is 0.231 e. The third-order valence-corrected chi connectivity index (χ3v) is 5.49. The van der Waals surface area contributed by atoms with Crippen molar-refractivity contribution in [2.24, 2.45) is 11.8 Å². The van der Waals surface area contributed by atoms with E-state index in [0.29, 0.717) is 29.6 Å². The highest BCUT2D eigenvalue weighted by Gasteiger charge is 2.42. The second-order valence-electron chi connectivity index (χ2n) is 6.93. The van der Waals surface area contributed by atoms with Crippen LogP contribution in [0.4, 0.5) is 0 Å². The van der Waals surface area contributed by atoms with Gasteiger partial charge in [0.2, 0.25) is 13.6 Å². The molecule has 7 nitrogen and oxygen atoms in total. The Morgan fingerprint density at radius 1 is 0.889 bits per heavy atom. The molecule has 0 radical (unpaired) electrons. The van der Waals surface area contributed by atoms with E-state index in [-0.39, 0.29) is 38.1 Å². The average molecular weight is 372 g/mol. The van der Waals surface area contributed by atoms with E-state index in [2.05, 4.69) is 0 Å². The second-order valence-corrected chi connectivity index (χ2v) is 6.93. The molecule has 0 aliphatic carbocycles. The summed E-state index contributed by atoms with van der Waals surface area (Å²) in [5.74, 6) is 2.18. The molecule has 4 atom stereocenters. The van der Waals surface area contributed by atoms with E-state index in [1.54, 1.807) is 12.1 Å². The van der Waals surface area contributed by atoms with Gasteiger partial charge in [-0.05, 0) is 35.4 Å². The fourth-order valence-electron chi connectivity index (χ4n) is 4.02. The lowest BCUT2D eigenvalue weighted by Crippen LogP contribution is -2.25. The minimum absolute atomic E-state index is 0.0919. The molecule has 0 aromatic heterocycles. The zero-order valence-corrected chi connectivity index (χ0v) is 14.5. The number of fused-ring (bicyclic) bond motifs is 2. The summed E-state index contributed by atoms with van der Waals surface area (Å²) in [6.07, 6.45) is -1.10. The second kappa shape index (κ2) is 6.60. The van der Waals surface area contributed by atoms with Crippen molar-refractivity contribution in [1.29, 1.82) is 0 Å². The summed E-state index contributed by atoms with van der Waals surface area (Å²) in [4.78, 5) is 0. The van der Waals surface area contributed by atoms with Gasteiger partial charge < -0.3 is 33.9 Å². The molecule has 7 heteroatoms. The minimum atomic E-state index is -0.782. The van der Waals surface area contributed by atoms with Gasteiger partial charge in [0.15, 0.2) is 23.0 Å². The Balaban J connectivity index is 1.39. The molecule has 0 bridgehead atoms. The monoisotopic (exact) mass is 372 g/mol. The van der Waals surface area contributed by atoms with Crippen molar-refractivity contribution >= 4 is 0 Å². The van der Waals surface area contributed by atoms with E-state index >= 15 is 0 Å². The van der Waals surface area contributed by atoms with Crippen molar-refractivity contribution in [1.82, 2.24) is 0 Å². The van der Waals surface area contributed by atoms with E-state index in [9.17, 15) is 10.2 Å². The molecular weight excluding hydrogens is 352 g/mol. The van der Waals surface area contributed by atoms with Crippen LogP contribution in [0.1, 0.15) is 23.3 Å². The summed E-state index contributed by atoms with van der Waals surface area (Å²) in [5.41, 5.74) is 1.62. The van der Waals surface area contributed by atoms with Gasteiger partial charge in [0.05, 0.1) is 18.8 Å². The van der Waals surface area contributed by atoms with Crippen LogP contribution in [0.2, 0.25) is 0 Å². The van der Waals surface area contributed by atoms with Crippen LogP contribution < -0.4 is 18.9 Å². The lowest BCUT2D eigenvalue weighted by atomic mass is 9.82. The fourth-order valence-corrected chi connectivity index (χ4v) is 4.02. The third kappa shape index (κ3) is 2.79. The van der Waals surface area contributed by atoms with E-state index in [0.717, 1.165) is 11.1 Å². The first kappa shape index (κ1) is 16.7. The maximum absolute atomic E-state index is 10.9. The van der Waals surface area contributed by atoms with Gasteiger partial charge in [-0.15, -0.1) is 0 Å². The molecule has 3 aliphatic heterocycles. The minimum Gasteiger partial charge on any atom is -0.454 e. The Hall–Kier alpha value is -2.48. The van der Waals surface area contributed by atoms with Crippen molar-refractivity contribution in [3.05, 3.63) is 47.5 Å². The van der Waals surface area contributed by atoms with Crippen molar-refractivity contribution in [3.8, 4) is 23.0 Å². The Kier molecular flexibility index (Phi) is 4.07. The highest BCUT2D eigenvalue weighted by Crippen LogP contribution is 2.46. The number of rotatable bonds is 4. The molecule has 0 amide bonds. The molecule has 2 aromatic carbocycles. The summed E-state index contributed by atoms with van der Waals surface area (Å²) in [6, 6.07) is 11.0. The van der Waals surface area contributed by atoms with E-state index in [4.69, 9.17) is 23.7 Å². The number of ether oxygens (including phenoxy) is 5. The van der Waals surface area contributed by atoms with Crippen LogP contribution in [0.15, 0.2) is 36.4 Å². The Morgan fingerprint density at radius 3 is 2.30 bits per heavy atom. The van der Waals surface area contributed by atoms with Gasteiger partial charge in [0.1, 0.15) is 0 Å². The van der Waals surface area contributed by atoms with Crippen molar-refractivity contribution in [3.63, 3.8) is 0 Å². The topological polar surface area (TPSA) is 86.6 Å². The lowest BCUT2D eigenvalue weighted by molar-refractivity contribution is 0.0633. The van der Waals surface area contributed by atoms with Gasteiger partial charge in [0.25, 0.3) is 0 Å². The zero-order chi connectivity index (χ0) is 18.4. The van der Waals surface area contributed by atoms with Crippen molar-refractivity contribution in [2.45, 2.75) is 12.2 Å². The molecule has 1 fully saturated rings. The standard InChI is InChI=1S/C20H20O7/c21-7-13-14(19(22)11-1-3-15-17(5-11)26-9-24-15)8-23-20(13)12-2-4-16-18(6-12)27-10-25-16/h1-6,13-14,19-22H,7-10H2/t13-,14-,19?,20?/m0/s1. The summed E-state index contributed by atoms with van der Waals surface area (Å²) in [6.45, 7) is 0.650. The van der Waals surface area contributed by atoms with E-state index in [1.807, 2.05) is 24.3 Å². The normalized spacial score (nSPS) is 26.4. The maximum atomic E-state index is 10.9. The van der Waals surface area contributed by atoms with E-state index < -0.39 is 6.10 Å². The zero-order valence-electron chi connectivity index (χ0n) is 14.5. The Morgan fingerprint density at radius 2 is 1.56 bits per heavy atom. The molecule has 3 aliphatic rings. The molecular formula is C20H20O7. The van der Waals surface area contributed by atoms with Crippen LogP contribution in [0.25, 0.3) is 0 Å². The van der Waals surface area contributed by atoms with Crippen LogP contribution >= 0.6 is 0 Å². The largest absolute Gasteiger partial charge is 0.454 e. The molecule has 142 valence electrons. The Bertz CT molecular complexity index is 852. The van der Waals surface area contributed by atoms with Crippen LogP contribution in [0.3, 0.4) is 0 Å². The van der Waals surface area contributed by atoms with Crippen LogP contribution in [0, 0.1) is 11.8 Å². The number of benzene rings is 2. The molecule has 5 rings (SSSR count). The van der Waals surface area contributed by atoms with Gasteiger partial charge in [0, 0.05) is 18.4 Å². The first-order valence-corrected chi connectivity index (χ1v) is 8.94. The molecule has 1 saturated heterocycles. The van der Waals surface area contributed by atoms with Crippen LogP contribution in [0.5, 0.6) is 23.0 Å². The summed E-state index contributed by atoms with van der Waals surface area (Å²) in [7, 11) is 0. The van der Waals surface area contributed by atoms with Crippen LogP contribution in [-0.4, -0.2) is 37.0 Å². The average Bonchev–Trinajstić information content (AvgIpc) is 3.44. The SMILES string of the molecule is OC[C@@H]1C(c2ccc3c(c2)OCO3)OC[C@@H]1C(O)c1ccc2c(c1)OCO2. The van der Waals surface area contributed by atoms with E-state index in [1.165, 1.54) is 0 Å². The number of aliphatic hydroxyl groups is 2. The molecule has 0 saturated carbocycles. The number of hydrogen-bond acceptors (Lipinski definition) is 7. The number of hydrogen-bond donors (Lipinski definition) is 2. The Labute approximate surface area is 156 Å².